The second-order valence-corrected chi connectivity index (χ2v) is 6.27. The fourth-order valence-corrected chi connectivity index (χ4v) is 2.69. The fraction of sp³-hybridized carbons (Fsp3) is 0.231. The zero-order chi connectivity index (χ0) is 15.5. The van der Waals surface area contributed by atoms with Gasteiger partial charge >= 0.3 is 0 Å². The molecule has 0 aliphatic rings. The number of aromatic amines is 1. The maximum atomic E-state index is 12.0. The molecule has 0 fully saturated rings. The topological polar surface area (TPSA) is 104 Å². The lowest BCUT2D eigenvalue weighted by molar-refractivity contribution is -0.114. The third kappa shape index (κ3) is 4.14. The molecule has 1 aromatic heterocycles. The van der Waals surface area contributed by atoms with Gasteiger partial charge in [0.25, 0.3) is 10.0 Å². The standard InChI is InChI=1S/C13H16N4O3S/c1-9-14-8-13(16-9)21(19,20)15-7-11-3-5-12(6-4-11)17-10(2)18/h3-6,8,15H,7H2,1-2H3,(H,14,16)(H,17,18). The first-order valence-electron chi connectivity index (χ1n) is 6.24. The van der Waals surface area contributed by atoms with Crippen LogP contribution in [0.2, 0.25) is 0 Å². The van der Waals surface area contributed by atoms with E-state index < -0.39 is 10.0 Å². The summed E-state index contributed by atoms with van der Waals surface area (Å²) in [4.78, 5) is 17.4. The number of anilines is 1. The number of aryl methyl sites for hydroxylation is 1. The van der Waals surface area contributed by atoms with Gasteiger partial charge in [0.2, 0.25) is 5.91 Å². The van der Waals surface area contributed by atoms with Gasteiger partial charge in [-0.1, -0.05) is 12.1 Å². The molecule has 8 heteroatoms. The van der Waals surface area contributed by atoms with E-state index in [1.54, 1.807) is 31.2 Å². The van der Waals surface area contributed by atoms with Gasteiger partial charge in [-0.15, -0.1) is 0 Å². The van der Waals surface area contributed by atoms with Crippen LogP contribution in [-0.4, -0.2) is 24.3 Å². The Balaban J connectivity index is 2.01. The molecule has 0 unspecified atom stereocenters. The number of carbonyl (C=O) groups is 1. The highest BCUT2D eigenvalue weighted by Crippen LogP contribution is 2.11. The average molecular weight is 308 g/mol. The number of hydrogen-bond acceptors (Lipinski definition) is 4. The second-order valence-electron chi connectivity index (χ2n) is 4.54. The van der Waals surface area contributed by atoms with Crippen molar-refractivity contribution in [2.75, 3.05) is 5.32 Å². The summed E-state index contributed by atoms with van der Waals surface area (Å²) in [6, 6.07) is 6.91. The molecule has 0 aliphatic carbocycles. The highest BCUT2D eigenvalue weighted by Gasteiger charge is 2.15. The molecule has 2 aromatic rings. The van der Waals surface area contributed by atoms with Crippen molar-refractivity contribution in [2.24, 2.45) is 0 Å². The zero-order valence-corrected chi connectivity index (χ0v) is 12.5. The summed E-state index contributed by atoms with van der Waals surface area (Å²) >= 11 is 0. The number of rotatable bonds is 5. The molecular weight excluding hydrogens is 292 g/mol. The van der Waals surface area contributed by atoms with E-state index in [4.69, 9.17) is 0 Å². The van der Waals surface area contributed by atoms with Crippen molar-refractivity contribution in [2.45, 2.75) is 25.4 Å². The minimum Gasteiger partial charge on any atom is -0.332 e. The van der Waals surface area contributed by atoms with Crippen LogP contribution in [0.5, 0.6) is 0 Å². The molecule has 0 atom stereocenters. The Kier molecular flexibility index (Phi) is 4.39. The first kappa shape index (κ1) is 15.2. The van der Waals surface area contributed by atoms with Crippen molar-refractivity contribution < 1.29 is 13.2 Å². The van der Waals surface area contributed by atoms with E-state index in [1.807, 2.05) is 0 Å². The Morgan fingerprint density at radius 1 is 1.29 bits per heavy atom. The number of nitrogens with zero attached hydrogens (tertiary/aromatic N) is 1. The number of carbonyl (C=O) groups excluding carboxylic acids is 1. The lowest BCUT2D eigenvalue weighted by Gasteiger charge is -2.06. The Bertz CT molecular complexity index is 735. The molecule has 1 heterocycles. The molecule has 3 N–H and O–H groups in total. The molecule has 0 bridgehead atoms. The number of sulfonamides is 1. The number of benzene rings is 1. The van der Waals surface area contributed by atoms with E-state index in [1.165, 1.54) is 13.1 Å². The van der Waals surface area contributed by atoms with Crippen molar-refractivity contribution in [1.29, 1.82) is 0 Å². The van der Waals surface area contributed by atoms with Crippen LogP contribution >= 0.6 is 0 Å². The minimum absolute atomic E-state index is 0.0369. The smallest absolute Gasteiger partial charge is 0.257 e. The summed E-state index contributed by atoms with van der Waals surface area (Å²) in [5, 5.41) is 2.68. The molecule has 0 aliphatic heterocycles. The molecule has 112 valence electrons. The molecule has 1 aromatic carbocycles. The third-order valence-electron chi connectivity index (χ3n) is 2.71. The predicted octanol–water partition coefficient (Wildman–Crippen LogP) is 1.16. The lowest BCUT2D eigenvalue weighted by Crippen LogP contribution is -2.23. The highest BCUT2D eigenvalue weighted by molar-refractivity contribution is 7.89. The maximum absolute atomic E-state index is 12.0. The summed E-state index contributed by atoms with van der Waals surface area (Å²) < 4.78 is 26.5. The normalized spacial score (nSPS) is 11.3. The van der Waals surface area contributed by atoms with Gasteiger partial charge in [0.05, 0.1) is 6.20 Å². The van der Waals surface area contributed by atoms with Crippen molar-refractivity contribution in [3.63, 3.8) is 0 Å². The van der Waals surface area contributed by atoms with Crippen LogP contribution in [0.1, 0.15) is 18.3 Å². The lowest BCUT2D eigenvalue weighted by atomic mass is 10.2. The van der Waals surface area contributed by atoms with Gasteiger partial charge < -0.3 is 10.3 Å². The number of nitrogens with one attached hydrogen (secondary N) is 3. The van der Waals surface area contributed by atoms with Crippen LogP contribution in [0.25, 0.3) is 0 Å². The fourth-order valence-electron chi connectivity index (χ4n) is 1.70. The van der Waals surface area contributed by atoms with E-state index >= 15 is 0 Å². The molecule has 0 spiro atoms. The SMILES string of the molecule is CC(=O)Nc1ccc(CNS(=O)(=O)c2cnc(C)[nH]2)cc1. The minimum atomic E-state index is -3.60. The first-order valence-corrected chi connectivity index (χ1v) is 7.73. The van der Waals surface area contributed by atoms with Gasteiger partial charge in [0.15, 0.2) is 5.03 Å². The quantitative estimate of drug-likeness (QED) is 0.771. The van der Waals surface area contributed by atoms with Gasteiger partial charge in [-0.3, -0.25) is 4.79 Å². The van der Waals surface area contributed by atoms with Crippen LogP contribution < -0.4 is 10.0 Å². The molecule has 21 heavy (non-hydrogen) atoms. The van der Waals surface area contributed by atoms with E-state index in [2.05, 4.69) is 20.0 Å². The monoisotopic (exact) mass is 308 g/mol. The number of hydrogen-bond donors (Lipinski definition) is 3. The third-order valence-corrected chi connectivity index (χ3v) is 4.02. The molecule has 0 saturated heterocycles. The van der Waals surface area contributed by atoms with Gasteiger partial charge in [-0.05, 0) is 24.6 Å². The number of H-pyrrole nitrogens is 1. The van der Waals surface area contributed by atoms with Crippen LogP contribution in [0.4, 0.5) is 5.69 Å². The van der Waals surface area contributed by atoms with E-state index in [-0.39, 0.29) is 17.5 Å². The van der Waals surface area contributed by atoms with E-state index in [0.29, 0.717) is 11.5 Å². The van der Waals surface area contributed by atoms with Crippen LogP contribution in [0.3, 0.4) is 0 Å². The maximum Gasteiger partial charge on any atom is 0.257 e. The molecule has 2 rings (SSSR count). The highest BCUT2D eigenvalue weighted by atomic mass is 32.2. The number of amides is 1. The summed E-state index contributed by atoms with van der Waals surface area (Å²) in [5.74, 6) is 0.383. The van der Waals surface area contributed by atoms with Gasteiger partial charge in [0, 0.05) is 19.2 Å². The number of imidazole rings is 1. The van der Waals surface area contributed by atoms with Gasteiger partial charge in [-0.2, -0.15) is 0 Å². The zero-order valence-electron chi connectivity index (χ0n) is 11.7. The summed E-state index contributed by atoms with van der Waals surface area (Å²) in [6.45, 7) is 3.26. The van der Waals surface area contributed by atoms with Crippen LogP contribution in [0.15, 0.2) is 35.5 Å². The molecule has 7 nitrogen and oxygen atoms in total. The molecule has 0 radical (unpaired) electrons. The summed E-state index contributed by atoms with van der Waals surface area (Å²) in [5.41, 5.74) is 1.45. The molecule has 0 saturated carbocycles. The van der Waals surface area contributed by atoms with Crippen molar-refractivity contribution in [3.8, 4) is 0 Å². The largest absolute Gasteiger partial charge is 0.332 e. The summed E-state index contributed by atoms with van der Waals surface area (Å²) in [7, 11) is -3.60. The van der Waals surface area contributed by atoms with E-state index in [0.717, 1.165) is 5.56 Å². The van der Waals surface area contributed by atoms with Crippen molar-refractivity contribution >= 4 is 21.6 Å². The van der Waals surface area contributed by atoms with Gasteiger partial charge in [0.1, 0.15) is 5.82 Å². The van der Waals surface area contributed by atoms with Crippen molar-refractivity contribution in [1.82, 2.24) is 14.7 Å². The Morgan fingerprint density at radius 3 is 2.48 bits per heavy atom. The van der Waals surface area contributed by atoms with Crippen molar-refractivity contribution in [3.05, 3.63) is 41.9 Å². The van der Waals surface area contributed by atoms with E-state index in [9.17, 15) is 13.2 Å². The average Bonchev–Trinajstić information content (AvgIpc) is 2.85. The van der Waals surface area contributed by atoms with Gasteiger partial charge in [-0.25, -0.2) is 18.1 Å². The number of aromatic nitrogens is 2. The summed E-state index contributed by atoms with van der Waals surface area (Å²) in [6.07, 6.45) is 1.28. The Hall–Kier alpha value is -2.19. The van der Waals surface area contributed by atoms with Crippen LogP contribution in [0, 0.1) is 6.92 Å². The Morgan fingerprint density at radius 2 is 1.95 bits per heavy atom. The first-order chi connectivity index (χ1) is 9.87. The second kappa shape index (κ2) is 6.06. The molecular formula is C13H16N4O3S. The predicted molar refractivity (Wildman–Crippen MR) is 78.1 cm³/mol. The Labute approximate surface area is 122 Å². The molecule has 1 amide bonds. The van der Waals surface area contributed by atoms with Crippen LogP contribution in [-0.2, 0) is 21.4 Å².